The zero-order chi connectivity index (χ0) is 8.60. The Kier molecular flexibility index (Phi) is 1.84. The van der Waals surface area contributed by atoms with E-state index < -0.39 is 0 Å². The molecule has 3 atom stereocenters. The van der Waals surface area contributed by atoms with E-state index in [9.17, 15) is 0 Å². The van der Waals surface area contributed by atoms with Crippen LogP contribution in [0.4, 0.5) is 0 Å². The van der Waals surface area contributed by atoms with E-state index in [1.807, 2.05) is 6.08 Å². The van der Waals surface area contributed by atoms with Gasteiger partial charge in [-0.25, -0.2) is 0 Å². The Morgan fingerprint density at radius 3 is 3.00 bits per heavy atom. The van der Waals surface area contributed by atoms with Gasteiger partial charge >= 0.3 is 0 Å². The van der Waals surface area contributed by atoms with Gasteiger partial charge < -0.3 is 4.74 Å². The minimum atomic E-state index is 0.105. The fourth-order valence-electron chi connectivity index (χ4n) is 2.47. The van der Waals surface area contributed by atoms with Crippen molar-refractivity contribution in [2.75, 3.05) is 6.61 Å². The van der Waals surface area contributed by atoms with Gasteiger partial charge in [0.25, 0.3) is 0 Å². The molecule has 0 radical (unpaired) electrons. The fraction of sp³-hybridized carbons (Fsp3) is 0.636. The summed E-state index contributed by atoms with van der Waals surface area (Å²) in [6.45, 7) is 6.59. The van der Waals surface area contributed by atoms with Crippen molar-refractivity contribution in [1.82, 2.24) is 0 Å². The van der Waals surface area contributed by atoms with Crippen LogP contribution in [0.1, 0.15) is 19.8 Å². The first-order valence-corrected chi connectivity index (χ1v) is 4.68. The second-order valence-corrected chi connectivity index (χ2v) is 4.10. The molecule has 0 heterocycles. The lowest BCUT2D eigenvalue weighted by molar-refractivity contribution is -0.0354. The van der Waals surface area contributed by atoms with Gasteiger partial charge in [0, 0.05) is 5.92 Å². The highest BCUT2D eigenvalue weighted by atomic mass is 16.5. The molecule has 0 N–H and O–H groups in total. The van der Waals surface area contributed by atoms with Crippen molar-refractivity contribution < 1.29 is 4.74 Å². The molecule has 0 aromatic carbocycles. The molecule has 0 aliphatic heterocycles. The molecule has 2 rings (SSSR count). The molecule has 1 nitrogen and oxygen atoms in total. The van der Waals surface area contributed by atoms with Gasteiger partial charge in [-0.15, -0.1) is 6.58 Å². The summed E-state index contributed by atoms with van der Waals surface area (Å²) in [5, 5.41) is 0. The lowest BCUT2D eigenvalue weighted by atomic mass is 9.90. The minimum absolute atomic E-state index is 0.105. The van der Waals surface area contributed by atoms with Crippen molar-refractivity contribution in [2.24, 2.45) is 11.8 Å². The summed E-state index contributed by atoms with van der Waals surface area (Å²) < 4.78 is 5.80. The van der Waals surface area contributed by atoms with E-state index in [0.29, 0.717) is 12.5 Å². The number of hydrogen-bond donors (Lipinski definition) is 0. The fourth-order valence-corrected chi connectivity index (χ4v) is 2.47. The van der Waals surface area contributed by atoms with Crippen molar-refractivity contribution in [3.05, 3.63) is 24.8 Å². The van der Waals surface area contributed by atoms with E-state index in [4.69, 9.17) is 4.74 Å². The maximum absolute atomic E-state index is 5.80. The average molecular weight is 164 g/mol. The topological polar surface area (TPSA) is 9.23 Å². The molecule has 12 heavy (non-hydrogen) atoms. The Hall–Kier alpha value is -0.560. The van der Waals surface area contributed by atoms with Gasteiger partial charge in [0.2, 0.25) is 0 Å². The van der Waals surface area contributed by atoms with Crippen LogP contribution in [0.15, 0.2) is 24.8 Å². The van der Waals surface area contributed by atoms with Gasteiger partial charge in [0.05, 0.1) is 12.2 Å². The highest BCUT2D eigenvalue weighted by molar-refractivity contribution is 5.16. The van der Waals surface area contributed by atoms with Gasteiger partial charge in [-0.1, -0.05) is 18.2 Å². The van der Waals surface area contributed by atoms with Gasteiger partial charge in [-0.2, -0.15) is 0 Å². The second kappa shape index (κ2) is 2.74. The third-order valence-corrected chi connectivity index (χ3v) is 3.16. The van der Waals surface area contributed by atoms with Crippen LogP contribution >= 0.6 is 0 Å². The molecule has 1 fully saturated rings. The van der Waals surface area contributed by atoms with Crippen molar-refractivity contribution in [1.29, 1.82) is 0 Å². The third-order valence-electron chi connectivity index (χ3n) is 3.16. The van der Waals surface area contributed by atoms with Gasteiger partial charge in [0.15, 0.2) is 0 Å². The second-order valence-electron chi connectivity index (χ2n) is 4.10. The van der Waals surface area contributed by atoms with Crippen LogP contribution in [-0.2, 0) is 4.74 Å². The van der Waals surface area contributed by atoms with Gasteiger partial charge in [-0.3, -0.25) is 0 Å². The van der Waals surface area contributed by atoms with Crippen molar-refractivity contribution >= 4 is 0 Å². The summed E-state index contributed by atoms with van der Waals surface area (Å²) in [4.78, 5) is 0. The summed E-state index contributed by atoms with van der Waals surface area (Å²) >= 11 is 0. The molecule has 1 heteroatoms. The van der Waals surface area contributed by atoms with Crippen LogP contribution in [0.5, 0.6) is 0 Å². The zero-order valence-electron chi connectivity index (χ0n) is 7.62. The van der Waals surface area contributed by atoms with Crippen LogP contribution in [0, 0.1) is 11.8 Å². The molecular weight excluding hydrogens is 148 g/mol. The van der Waals surface area contributed by atoms with Crippen molar-refractivity contribution in [2.45, 2.75) is 25.4 Å². The number of ether oxygens (including phenoxy) is 1. The normalized spacial score (nSPS) is 43.8. The van der Waals surface area contributed by atoms with Crippen LogP contribution in [0.25, 0.3) is 0 Å². The molecule has 66 valence electrons. The minimum Gasteiger partial charge on any atom is -0.371 e. The molecule has 0 saturated heterocycles. The zero-order valence-corrected chi connectivity index (χ0v) is 7.62. The maximum atomic E-state index is 5.80. The maximum Gasteiger partial charge on any atom is 0.0726 e. The molecule has 1 saturated carbocycles. The molecule has 0 spiro atoms. The largest absolute Gasteiger partial charge is 0.371 e. The Morgan fingerprint density at radius 2 is 2.50 bits per heavy atom. The van der Waals surface area contributed by atoms with Gasteiger partial charge in [-0.05, 0) is 25.7 Å². The van der Waals surface area contributed by atoms with Gasteiger partial charge in [0.1, 0.15) is 0 Å². The lowest BCUT2D eigenvalue weighted by Crippen LogP contribution is -2.33. The highest BCUT2D eigenvalue weighted by Gasteiger charge is 2.45. The summed E-state index contributed by atoms with van der Waals surface area (Å²) in [5.74, 6) is 1.44. The monoisotopic (exact) mass is 164 g/mol. The number of hydrogen-bond acceptors (Lipinski definition) is 1. The Balaban J connectivity index is 2.03. The summed E-state index contributed by atoms with van der Waals surface area (Å²) in [7, 11) is 0. The summed E-state index contributed by atoms with van der Waals surface area (Å²) in [6, 6.07) is 0. The smallest absolute Gasteiger partial charge is 0.0726 e. The lowest BCUT2D eigenvalue weighted by Gasteiger charge is -2.31. The first kappa shape index (κ1) is 8.06. The molecule has 2 aliphatic rings. The molecule has 2 bridgehead atoms. The van der Waals surface area contributed by atoms with E-state index in [-0.39, 0.29) is 5.60 Å². The van der Waals surface area contributed by atoms with Crippen molar-refractivity contribution in [3.63, 3.8) is 0 Å². The van der Waals surface area contributed by atoms with Crippen molar-refractivity contribution in [3.8, 4) is 0 Å². The number of rotatable bonds is 3. The number of fused-ring (bicyclic) bond motifs is 2. The Bertz CT molecular complexity index is 219. The van der Waals surface area contributed by atoms with Crippen LogP contribution in [0.2, 0.25) is 0 Å². The standard InChI is InChI=1S/C11H16O/c1-3-6-12-11(2)8-9-4-5-10(11)7-9/h3-5,9-10H,1,6-8H2,2H3. The summed E-state index contributed by atoms with van der Waals surface area (Å²) in [5.41, 5.74) is 0.105. The van der Waals surface area contributed by atoms with Crippen LogP contribution < -0.4 is 0 Å². The Labute approximate surface area is 74.1 Å². The predicted molar refractivity (Wildman–Crippen MR) is 49.9 cm³/mol. The first-order chi connectivity index (χ1) is 5.74. The van der Waals surface area contributed by atoms with Crippen LogP contribution in [0.3, 0.4) is 0 Å². The number of allylic oxidation sites excluding steroid dienone is 1. The quantitative estimate of drug-likeness (QED) is 0.582. The molecule has 3 unspecified atom stereocenters. The predicted octanol–water partition coefficient (Wildman–Crippen LogP) is 2.54. The highest BCUT2D eigenvalue weighted by Crippen LogP contribution is 2.47. The SMILES string of the molecule is C=CCOC1(C)CC2C=CC1C2. The molecular formula is C11H16O. The van der Waals surface area contributed by atoms with E-state index in [1.165, 1.54) is 12.8 Å². The summed E-state index contributed by atoms with van der Waals surface area (Å²) in [6.07, 6.45) is 8.98. The molecule has 0 aromatic rings. The molecule has 0 amide bonds. The molecule has 0 aromatic heterocycles. The Morgan fingerprint density at radius 1 is 1.67 bits per heavy atom. The van der Waals surface area contributed by atoms with E-state index >= 15 is 0 Å². The van der Waals surface area contributed by atoms with E-state index in [1.54, 1.807) is 0 Å². The van der Waals surface area contributed by atoms with Crippen LogP contribution in [-0.4, -0.2) is 12.2 Å². The van der Waals surface area contributed by atoms with E-state index in [0.717, 1.165) is 5.92 Å². The first-order valence-electron chi connectivity index (χ1n) is 4.68. The third kappa shape index (κ3) is 1.13. The van der Waals surface area contributed by atoms with E-state index in [2.05, 4.69) is 25.7 Å². The molecule has 2 aliphatic carbocycles. The average Bonchev–Trinajstić information content (AvgIpc) is 2.60.